The van der Waals surface area contributed by atoms with Gasteiger partial charge in [0, 0.05) is 6.04 Å². The number of rotatable bonds is 3. The van der Waals surface area contributed by atoms with Gasteiger partial charge >= 0.3 is 0 Å². The van der Waals surface area contributed by atoms with E-state index in [2.05, 4.69) is 26.1 Å². The van der Waals surface area contributed by atoms with Crippen molar-refractivity contribution in [2.45, 2.75) is 52.5 Å². The topological polar surface area (TPSA) is 12.0 Å². The highest BCUT2D eigenvalue weighted by atomic mass is 14.9. The van der Waals surface area contributed by atoms with Gasteiger partial charge < -0.3 is 5.32 Å². The summed E-state index contributed by atoms with van der Waals surface area (Å²) in [6.45, 7) is 8.07. The number of hydrogen-bond acceptors (Lipinski definition) is 1. The van der Waals surface area contributed by atoms with E-state index in [1.165, 1.54) is 25.7 Å². The third-order valence-electron chi connectivity index (χ3n) is 3.34. The Kier molecular flexibility index (Phi) is 2.94. The molecule has 66 valence electrons. The van der Waals surface area contributed by atoms with Crippen molar-refractivity contribution in [2.75, 3.05) is 6.54 Å². The molecule has 0 aliphatic heterocycles. The highest BCUT2D eigenvalue weighted by Crippen LogP contribution is 2.40. The third kappa shape index (κ3) is 1.76. The van der Waals surface area contributed by atoms with Gasteiger partial charge in [0.2, 0.25) is 0 Å². The fourth-order valence-electron chi connectivity index (χ4n) is 2.25. The second kappa shape index (κ2) is 3.57. The van der Waals surface area contributed by atoms with Gasteiger partial charge in [0.05, 0.1) is 0 Å². The molecule has 11 heavy (non-hydrogen) atoms. The Labute approximate surface area is 70.6 Å². The Morgan fingerprint density at radius 2 is 2.18 bits per heavy atom. The van der Waals surface area contributed by atoms with Gasteiger partial charge in [-0.15, -0.1) is 0 Å². The minimum absolute atomic E-state index is 0.593. The lowest BCUT2D eigenvalue weighted by atomic mass is 9.82. The highest BCUT2D eigenvalue weighted by Gasteiger charge is 2.36. The van der Waals surface area contributed by atoms with Crippen molar-refractivity contribution in [3.8, 4) is 0 Å². The summed E-state index contributed by atoms with van der Waals surface area (Å²) in [6.07, 6.45) is 5.55. The third-order valence-corrected chi connectivity index (χ3v) is 3.34. The van der Waals surface area contributed by atoms with E-state index >= 15 is 0 Å². The van der Waals surface area contributed by atoms with E-state index < -0.39 is 0 Å². The second-order valence-corrected chi connectivity index (χ2v) is 4.01. The summed E-state index contributed by atoms with van der Waals surface area (Å²) in [5, 5.41) is 3.59. The molecule has 0 saturated heterocycles. The van der Waals surface area contributed by atoms with Crippen molar-refractivity contribution in [2.24, 2.45) is 5.41 Å². The molecule has 1 nitrogen and oxygen atoms in total. The van der Waals surface area contributed by atoms with Crippen LogP contribution in [-0.2, 0) is 0 Å². The van der Waals surface area contributed by atoms with Gasteiger partial charge in [-0.05, 0) is 31.2 Å². The van der Waals surface area contributed by atoms with E-state index in [1.54, 1.807) is 0 Å². The van der Waals surface area contributed by atoms with Crippen LogP contribution in [0.1, 0.15) is 46.5 Å². The average Bonchev–Trinajstić information content (AvgIpc) is 2.35. The van der Waals surface area contributed by atoms with Crippen LogP contribution < -0.4 is 5.32 Å². The number of hydrogen-bond donors (Lipinski definition) is 1. The molecular weight excluding hydrogens is 134 g/mol. The predicted molar refractivity (Wildman–Crippen MR) is 49.7 cm³/mol. The fourth-order valence-corrected chi connectivity index (χ4v) is 2.25. The van der Waals surface area contributed by atoms with Crippen molar-refractivity contribution in [1.82, 2.24) is 5.32 Å². The summed E-state index contributed by atoms with van der Waals surface area (Å²) >= 11 is 0. The molecule has 1 aliphatic carbocycles. The van der Waals surface area contributed by atoms with Crippen LogP contribution in [-0.4, -0.2) is 12.6 Å². The van der Waals surface area contributed by atoms with Gasteiger partial charge in [-0.2, -0.15) is 0 Å². The van der Waals surface area contributed by atoms with Gasteiger partial charge in [0.1, 0.15) is 0 Å². The Hall–Kier alpha value is -0.0400. The lowest BCUT2D eigenvalue weighted by Crippen LogP contribution is -2.38. The molecule has 1 heteroatoms. The smallest absolute Gasteiger partial charge is 0.0121 e. The van der Waals surface area contributed by atoms with Gasteiger partial charge in [0.25, 0.3) is 0 Å². The monoisotopic (exact) mass is 155 g/mol. The lowest BCUT2D eigenvalue weighted by molar-refractivity contribution is 0.246. The first-order valence-corrected chi connectivity index (χ1v) is 4.96. The molecule has 1 aliphatic rings. The van der Waals surface area contributed by atoms with E-state index in [9.17, 15) is 0 Å². The van der Waals surface area contributed by atoms with Crippen LogP contribution in [0.25, 0.3) is 0 Å². The Balaban J connectivity index is 2.49. The summed E-state index contributed by atoms with van der Waals surface area (Å²) in [6, 6.07) is 0.789. The summed E-state index contributed by atoms with van der Waals surface area (Å²) in [5.41, 5.74) is 0.593. The molecule has 1 N–H and O–H groups in total. The van der Waals surface area contributed by atoms with Gasteiger partial charge in [0.15, 0.2) is 0 Å². The zero-order chi connectivity index (χ0) is 8.32. The van der Waals surface area contributed by atoms with Gasteiger partial charge in [-0.1, -0.05) is 27.2 Å². The standard InChI is InChI=1S/C10H21N/c1-4-10(3)8-6-7-9(10)11-5-2/h9,11H,4-8H2,1-3H3. The Morgan fingerprint density at radius 1 is 1.45 bits per heavy atom. The lowest BCUT2D eigenvalue weighted by Gasteiger charge is -2.30. The van der Waals surface area contributed by atoms with Crippen molar-refractivity contribution >= 4 is 0 Å². The van der Waals surface area contributed by atoms with Crippen LogP contribution in [0.4, 0.5) is 0 Å². The molecule has 0 amide bonds. The maximum Gasteiger partial charge on any atom is 0.0121 e. The van der Waals surface area contributed by atoms with Crippen LogP contribution in [0.15, 0.2) is 0 Å². The first-order chi connectivity index (χ1) is 5.23. The molecule has 0 aromatic carbocycles. The molecule has 2 unspecified atom stereocenters. The molecule has 1 saturated carbocycles. The second-order valence-electron chi connectivity index (χ2n) is 4.01. The maximum absolute atomic E-state index is 3.59. The average molecular weight is 155 g/mol. The van der Waals surface area contributed by atoms with E-state index in [-0.39, 0.29) is 0 Å². The molecule has 0 aromatic heterocycles. The van der Waals surface area contributed by atoms with Crippen LogP contribution in [0.3, 0.4) is 0 Å². The Morgan fingerprint density at radius 3 is 2.73 bits per heavy atom. The molecule has 2 atom stereocenters. The summed E-state index contributed by atoms with van der Waals surface area (Å²) in [4.78, 5) is 0. The number of nitrogens with one attached hydrogen (secondary N) is 1. The molecular formula is C10H21N. The summed E-state index contributed by atoms with van der Waals surface area (Å²) in [7, 11) is 0. The predicted octanol–water partition coefficient (Wildman–Crippen LogP) is 2.56. The molecule has 0 radical (unpaired) electrons. The van der Waals surface area contributed by atoms with Crippen molar-refractivity contribution in [1.29, 1.82) is 0 Å². The normalized spacial score (nSPS) is 37.9. The van der Waals surface area contributed by atoms with Crippen LogP contribution in [0.2, 0.25) is 0 Å². The van der Waals surface area contributed by atoms with E-state index in [0.717, 1.165) is 12.6 Å². The molecule has 0 spiro atoms. The summed E-state index contributed by atoms with van der Waals surface area (Å²) < 4.78 is 0. The molecule has 0 aromatic rings. The molecule has 1 rings (SSSR count). The van der Waals surface area contributed by atoms with Gasteiger partial charge in [-0.3, -0.25) is 0 Å². The van der Waals surface area contributed by atoms with E-state index in [0.29, 0.717) is 5.41 Å². The summed E-state index contributed by atoms with van der Waals surface area (Å²) in [5.74, 6) is 0. The molecule has 0 heterocycles. The Bertz CT molecular complexity index is 122. The highest BCUT2D eigenvalue weighted by molar-refractivity contribution is 4.91. The first-order valence-electron chi connectivity index (χ1n) is 4.96. The van der Waals surface area contributed by atoms with Crippen LogP contribution in [0, 0.1) is 5.41 Å². The minimum Gasteiger partial charge on any atom is -0.314 e. The molecule has 1 fully saturated rings. The minimum atomic E-state index is 0.593. The van der Waals surface area contributed by atoms with Crippen LogP contribution in [0.5, 0.6) is 0 Å². The quantitative estimate of drug-likeness (QED) is 0.660. The SMILES string of the molecule is CCNC1CCCC1(C)CC. The van der Waals surface area contributed by atoms with E-state index in [4.69, 9.17) is 0 Å². The zero-order valence-corrected chi connectivity index (χ0v) is 8.11. The zero-order valence-electron chi connectivity index (χ0n) is 8.11. The van der Waals surface area contributed by atoms with Crippen molar-refractivity contribution < 1.29 is 0 Å². The van der Waals surface area contributed by atoms with Crippen molar-refractivity contribution in [3.05, 3.63) is 0 Å². The first kappa shape index (κ1) is 9.05. The van der Waals surface area contributed by atoms with Crippen LogP contribution >= 0.6 is 0 Å². The maximum atomic E-state index is 3.59. The van der Waals surface area contributed by atoms with Gasteiger partial charge in [-0.25, -0.2) is 0 Å². The van der Waals surface area contributed by atoms with Crippen molar-refractivity contribution in [3.63, 3.8) is 0 Å². The fraction of sp³-hybridized carbons (Fsp3) is 1.00. The molecule has 0 bridgehead atoms. The van der Waals surface area contributed by atoms with E-state index in [1.807, 2.05) is 0 Å². The largest absolute Gasteiger partial charge is 0.314 e.